The molecule has 29 heavy (non-hydrogen) atoms. The molecule has 0 radical (unpaired) electrons. The predicted octanol–water partition coefficient (Wildman–Crippen LogP) is 4.29. The van der Waals surface area contributed by atoms with Gasteiger partial charge in [0.25, 0.3) is 5.69 Å². The Morgan fingerprint density at radius 3 is 2.52 bits per heavy atom. The van der Waals surface area contributed by atoms with E-state index in [0.29, 0.717) is 5.69 Å². The van der Waals surface area contributed by atoms with Crippen molar-refractivity contribution in [3.63, 3.8) is 0 Å². The molecule has 0 saturated carbocycles. The van der Waals surface area contributed by atoms with Crippen LogP contribution in [-0.2, 0) is 0 Å². The maximum atomic E-state index is 10.7. The SMILES string of the molecule is O=[N+]([O-])c1ccc(N/N=C/c2cn(-c3ccccc3)nc2-c2cccnc2)cc1. The summed E-state index contributed by atoms with van der Waals surface area (Å²) in [7, 11) is 0. The molecule has 0 bridgehead atoms. The van der Waals surface area contributed by atoms with Gasteiger partial charge >= 0.3 is 0 Å². The van der Waals surface area contributed by atoms with E-state index in [4.69, 9.17) is 5.10 Å². The summed E-state index contributed by atoms with van der Waals surface area (Å²) in [6, 6.07) is 19.6. The van der Waals surface area contributed by atoms with Crippen LogP contribution in [0.3, 0.4) is 0 Å². The number of nitrogens with one attached hydrogen (secondary N) is 1. The molecular weight excluding hydrogens is 368 g/mol. The number of aromatic nitrogens is 3. The number of anilines is 1. The maximum absolute atomic E-state index is 10.7. The molecular formula is C21H16N6O2. The minimum atomic E-state index is -0.439. The number of rotatable bonds is 6. The normalized spacial score (nSPS) is 10.9. The molecule has 2 aromatic heterocycles. The molecule has 8 heteroatoms. The zero-order valence-electron chi connectivity index (χ0n) is 15.2. The van der Waals surface area contributed by atoms with Gasteiger partial charge in [-0.25, -0.2) is 4.68 Å². The van der Waals surface area contributed by atoms with Crippen molar-refractivity contribution in [2.24, 2.45) is 5.10 Å². The van der Waals surface area contributed by atoms with Gasteiger partial charge in [-0.2, -0.15) is 10.2 Å². The third-order valence-electron chi connectivity index (χ3n) is 4.17. The third-order valence-corrected chi connectivity index (χ3v) is 4.17. The smallest absolute Gasteiger partial charge is 0.269 e. The first-order valence-electron chi connectivity index (χ1n) is 8.80. The highest BCUT2D eigenvalue weighted by Crippen LogP contribution is 2.22. The quantitative estimate of drug-likeness (QED) is 0.304. The summed E-state index contributed by atoms with van der Waals surface area (Å²) in [5.74, 6) is 0. The Kier molecular flexibility index (Phi) is 5.06. The van der Waals surface area contributed by atoms with Crippen molar-refractivity contribution in [1.82, 2.24) is 14.8 Å². The van der Waals surface area contributed by atoms with Crippen LogP contribution in [0.15, 0.2) is 90.4 Å². The Hall–Kier alpha value is -4.33. The van der Waals surface area contributed by atoms with Crippen molar-refractivity contribution in [3.05, 3.63) is 101 Å². The third kappa shape index (κ3) is 4.16. The van der Waals surface area contributed by atoms with E-state index in [2.05, 4.69) is 15.5 Å². The number of para-hydroxylation sites is 1. The second-order valence-electron chi connectivity index (χ2n) is 6.13. The molecule has 0 spiro atoms. The van der Waals surface area contributed by atoms with Gasteiger partial charge in [-0.15, -0.1) is 0 Å². The van der Waals surface area contributed by atoms with E-state index >= 15 is 0 Å². The number of nitro groups is 1. The van der Waals surface area contributed by atoms with Crippen LogP contribution in [0.25, 0.3) is 16.9 Å². The number of hydrogen-bond acceptors (Lipinski definition) is 6. The van der Waals surface area contributed by atoms with E-state index < -0.39 is 4.92 Å². The number of benzene rings is 2. The minimum Gasteiger partial charge on any atom is -0.278 e. The molecule has 0 fully saturated rings. The van der Waals surface area contributed by atoms with Crippen molar-refractivity contribution in [2.75, 3.05) is 5.43 Å². The molecule has 0 aliphatic carbocycles. The van der Waals surface area contributed by atoms with Crippen LogP contribution < -0.4 is 5.43 Å². The van der Waals surface area contributed by atoms with Gasteiger partial charge in [0.15, 0.2) is 0 Å². The van der Waals surface area contributed by atoms with E-state index in [1.807, 2.05) is 48.7 Å². The zero-order valence-corrected chi connectivity index (χ0v) is 15.2. The first-order chi connectivity index (χ1) is 14.2. The van der Waals surface area contributed by atoms with Gasteiger partial charge < -0.3 is 0 Å². The molecule has 142 valence electrons. The summed E-state index contributed by atoms with van der Waals surface area (Å²) >= 11 is 0. The Morgan fingerprint density at radius 1 is 1.03 bits per heavy atom. The first kappa shape index (κ1) is 18.1. The van der Waals surface area contributed by atoms with Crippen LogP contribution in [0.5, 0.6) is 0 Å². The zero-order chi connectivity index (χ0) is 20.1. The van der Waals surface area contributed by atoms with Gasteiger partial charge in [-0.1, -0.05) is 18.2 Å². The van der Waals surface area contributed by atoms with E-state index in [9.17, 15) is 10.1 Å². The van der Waals surface area contributed by atoms with Crippen molar-refractivity contribution in [2.45, 2.75) is 0 Å². The van der Waals surface area contributed by atoms with E-state index in [-0.39, 0.29) is 5.69 Å². The van der Waals surface area contributed by atoms with E-state index in [0.717, 1.165) is 22.5 Å². The summed E-state index contributed by atoms with van der Waals surface area (Å²) in [4.78, 5) is 14.5. The second-order valence-corrected chi connectivity index (χ2v) is 6.13. The Balaban J connectivity index is 1.62. The molecule has 2 heterocycles. The summed E-state index contributed by atoms with van der Waals surface area (Å²) in [6.45, 7) is 0. The van der Waals surface area contributed by atoms with Gasteiger partial charge in [0.1, 0.15) is 5.69 Å². The molecule has 0 aliphatic heterocycles. The molecule has 0 atom stereocenters. The van der Waals surface area contributed by atoms with Gasteiger partial charge in [-0.05, 0) is 36.4 Å². The molecule has 4 aromatic rings. The molecule has 8 nitrogen and oxygen atoms in total. The number of hydrogen-bond donors (Lipinski definition) is 1. The lowest BCUT2D eigenvalue weighted by atomic mass is 10.1. The predicted molar refractivity (Wildman–Crippen MR) is 111 cm³/mol. The number of hydrazone groups is 1. The molecule has 0 saturated heterocycles. The molecule has 0 amide bonds. The highest BCUT2D eigenvalue weighted by molar-refractivity contribution is 5.89. The number of pyridine rings is 1. The molecule has 0 aliphatic rings. The maximum Gasteiger partial charge on any atom is 0.269 e. The minimum absolute atomic E-state index is 0.0301. The van der Waals surface area contributed by atoms with Crippen molar-refractivity contribution >= 4 is 17.6 Å². The standard InChI is InChI=1S/C21H16N6O2/c28-27(29)20-10-8-18(9-11-20)24-23-14-17-15-26(19-6-2-1-3-7-19)25-21(17)16-5-4-12-22-13-16/h1-15,24H/b23-14+. The monoisotopic (exact) mass is 384 g/mol. The summed E-state index contributed by atoms with van der Waals surface area (Å²) in [5.41, 5.74) is 6.91. The lowest BCUT2D eigenvalue weighted by molar-refractivity contribution is -0.384. The van der Waals surface area contributed by atoms with E-state index in [1.165, 1.54) is 12.1 Å². The molecule has 1 N–H and O–H groups in total. The number of nitrogens with zero attached hydrogens (tertiary/aromatic N) is 5. The lowest BCUT2D eigenvalue weighted by Gasteiger charge is -2.00. The van der Waals surface area contributed by atoms with Crippen LogP contribution in [-0.4, -0.2) is 25.9 Å². The van der Waals surface area contributed by atoms with Gasteiger partial charge in [0.2, 0.25) is 0 Å². The number of non-ortho nitro benzene ring substituents is 1. The van der Waals surface area contributed by atoms with Crippen molar-refractivity contribution < 1.29 is 4.92 Å². The Morgan fingerprint density at radius 2 is 1.83 bits per heavy atom. The van der Waals surface area contributed by atoms with Crippen LogP contribution in [0.4, 0.5) is 11.4 Å². The topological polar surface area (TPSA) is 98.2 Å². The second kappa shape index (κ2) is 8.13. The van der Waals surface area contributed by atoms with Gasteiger partial charge in [-0.3, -0.25) is 20.5 Å². The highest BCUT2D eigenvalue weighted by atomic mass is 16.6. The molecule has 4 rings (SSSR count). The van der Waals surface area contributed by atoms with Crippen molar-refractivity contribution in [3.8, 4) is 16.9 Å². The molecule has 0 unspecified atom stereocenters. The Bertz CT molecular complexity index is 1140. The summed E-state index contributed by atoms with van der Waals surface area (Å²) < 4.78 is 1.79. The average Bonchev–Trinajstić information content (AvgIpc) is 3.19. The summed E-state index contributed by atoms with van der Waals surface area (Å²) in [5, 5.41) is 19.7. The largest absolute Gasteiger partial charge is 0.278 e. The van der Waals surface area contributed by atoms with Crippen LogP contribution >= 0.6 is 0 Å². The Labute approximate surface area is 166 Å². The lowest BCUT2D eigenvalue weighted by Crippen LogP contribution is -1.94. The fraction of sp³-hybridized carbons (Fsp3) is 0. The average molecular weight is 384 g/mol. The summed E-state index contributed by atoms with van der Waals surface area (Å²) in [6.07, 6.45) is 7.01. The van der Waals surface area contributed by atoms with Gasteiger partial charge in [0.05, 0.1) is 22.5 Å². The first-order valence-corrected chi connectivity index (χ1v) is 8.80. The van der Waals surface area contributed by atoms with Gasteiger partial charge in [0, 0.05) is 41.9 Å². The van der Waals surface area contributed by atoms with E-state index in [1.54, 1.807) is 35.4 Å². The van der Waals surface area contributed by atoms with Crippen LogP contribution in [0.2, 0.25) is 0 Å². The fourth-order valence-electron chi connectivity index (χ4n) is 2.76. The van der Waals surface area contributed by atoms with Crippen LogP contribution in [0.1, 0.15) is 5.56 Å². The fourth-order valence-corrected chi connectivity index (χ4v) is 2.76. The number of nitro benzene ring substituents is 1. The molecule has 2 aromatic carbocycles. The van der Waals surface area contributed by atoms with Crippen molar-refractivity contribution in [1.29, 1.82) is 0 Å². The van der Waals surface area contributed by atoms with Crippen LogP contribution in [0, 0.1) is 10.1 Å². The highest BCUT2D eigenvalue weighted by Gasteiger charge is 2.11.